The fourth-order valence-corrected chi connectivity index (χ4v) is 2.97. The Morgan fingerprint density at radius 2 is 1.77 bits per heavy atom. The maximum Gasteiger partial charge on any atom is 0.255 e. The van der Waals surface area contributed by atoms with Crippen molar-refractivity contribution in [1.29, 1.82) is 4.78 Å². The number of nitrogen functional groups attached to an aromatic ring is 1. The average molecular weight is 367 g/mol. The summed E-state index contributed by atoms with van der Waals surface area (Å²) in [5.74, 6) is 0.169. The zero-order valence-corrected chi connectivity index (χ0v) is 14.8. The van der Waals surface area contributed by atoms with Crippen molar-refractivity contribution in [2.45, 2.75) is 4.90 Å². The standard InChI is InChI=1S/C18H17N5O2S/c1-26(20,25)14-6-3-12(4-7-14)18(24)23-16-11-13(5-8-15(16)19)17-21-9-2-10-22-17/h2-11,20H,19H2,1H3,(H,23,24). The molecule has 0 aliphatic rings. The molecule has 0 fully saturated rings. The number of nitrogens with one attached hydrogen (secondary N) is 2. The van der Waals surface area contributed by atoms with Crippen molar-refractivity contribution in [3.63, 3.8) is 0 Å². The van der Waals surface area contributed by atoms with Crippen molar-refractivity contribution in [3.05, 3.63) is 66.5 Å². The van der Waals surface area contributed by atoms with Gasteiger partial charge in [-0.05, 0) is 48.5 Å². The molecule has 0 aliphatic carbocycles. The Hall–Kier alpha value is -3.26. The predicted molar refractivity (Wildman–Crippen MR) is 101 cm³/mol. The minimum Gasteiger partial charge on any atom is -0.397 e. The van der Waals surface area contributed by atoms with Crippen LogP contribution >= 0.6 is 0 Å². The van der Waals surface area contributed by atoms with Crippen LogP contribution in [-0.2, 0) is 9.73 Å². The highest BCUT2D eigenvalue weighted by Crippen LogP contribution is 2.25. The highest BCUT2D eigenvalue weighted by molar-refractivity contribution is 7.91. The van der Waals surface area contributed by atoms with E-state index in [1.54, 1.807) is 36.7 Å². The van der Waals surface area contributed by atoms with Gasteiger partial charge in [-0.2, -0.15) is 0 Å². The van der Waals surface area contributed by atoms with Gasteiger partial charge < -0.3 is 11.1 Å². The number of carbonyl (C=O) groups excluding carboxylic acids is 1. The van der Waals surface area contributed by atoms with Gasteiger partial charge in [-0.15, -0.1) is 0 Å². The number of nitrogens with zero attached hydrogens (tertiary/aromatic N) is 2. The third-order valence-electron chi connectivity index (χ3n) is 3.69. The van der Waals surface area contributed by atoms with Gasteiger partial charge in [-0.3, -0.25) is 4.79 Å². The lowest BCUT2D eigenvalue weighted by atomic mass is 10.1. The molecule has 1 amide bonds. The smallest absolute Gasteiger partial charge is 0.255 e. The third kappa shape index (κ3) is 3.86. The maximum atomic E-state index is 12.5. The van der Waals surface area contributed by atoms with E-state index in [1.807, 2.05) is 0 Å². The largest absolute Gasteiger partial charge is 0.397 e. The van der Waals surface area contributed by atoms with Crippen LogP contribution in [0.3, 0.4) is 0 Å². The SMILES string of the molecule is CS(=N)(=O)c1ccc(C(=O)Nc2cc(-c3ncccn3)ccc2N)cc1. The first-order valence-corrected chi connectivity index (χ1v) is 9.63. The summed E-state index contributed by atoms with van der Waals surface area (Å²) < 4.78 is 19.3. The fourth-order valence-electron chi connectivity index (χ4n) is 2.31. The third-order valence-corrected chi connectivity index (χ3v) is 4.86. The van der Waals surface area contributed by atoms with E-state index >= 15 is 0 Å². The lowest BCUT2D eigenvalue weighted by Crippen LogP contribution is -2.13. The van der Waals surface area contributed by atoms with Crippen molar-refractivity contribution in [2.24, 2.45) is 0 Å². The molecule has 0 saturated heterocycles. The normalized spacial score (nSPS) is 13.0. The van der Waals surface area contributed by atoms with Crippen molar-refractivity contribution >= 4 is 27.0 Å². The fraction of sp³-hybridized carbons (Fsp3) is 0.0556. The molecule has 132 valence electrons. The van der Waals surface area contributed by atoms with Crippen molar-refractivity contribution in [2.75, 3.05) is 17.3 Å². The van der Waals surface area contributed by atoms with Crippen molar-refractivity contribution in [3.8, 4) is 11.4 Å². The van der Waals surface area contributed by atoms with Gasteiger partial charge in [-0.1, -0.05) is 0 Å². The second-order valence-electron chi connectivity index (χ2n) is 5.70. The van der Waals surface area contributed by atoms with Gasteiger partial charge in [0.05, 0.1) is 21.1 Å². The monoisotopic (exact) mass is 367 g/mol. The summed E-state index contributed by atoms with van der Waals surface area (Å²) >= 11 is 0. The molecular weight excluding hydrogens is 350 g/mol. The van der Waals surface area contributed by atoms with Gasteiger partial charge >= 0.3 is 0 Å². The van der Waals surface area contributed by atoms with Gasteiger partial charge in [0.25, 0.3) is 5.91 Å². The first kappa shape index (κ1) is 17.6. The number of hydrogen-bond acceptors (Lipinski definition) is 6. The van der Waals surface area contributed by atoms with Crippen molar-refractivity contribution < 1.29 is 9.00 Å². The minimum atomic E-state index is -2.81. The molecule has 4 N–H and O–H groups in total. The van der Waals surface area contributed by atoms with E-state index in [-0.39, 0.29) is 5.91 Å². The molecule has 26 heavy (non-hydrogen) atoms. The number of carbonyl (C=O) groups is 1. The van der Waals surface area contributed by atoms with Crippen LogP contribution in [0, 0.1) is 4.78 Å². The summed E-state index contributed by atoms with van der Waals surface area (Å²) in [7, 11) is -2.81. The van der Waals surface area contributed by atoms with Crippen LogP contribution in [0.1, 0.15) is 10.4 Å². The molecule has 1 atom stereocenters. The van der Waals surface area contributed by atoms with Gasteiger partial charge in [-0.25, -0.2) is 19.0 Å². The highest BCUT2D eigenvalue weighted by Gasteiger charge is 2.11. The average Bonchev–Trinajstić information content (AvgIpc) is 2.63. The number of aromatic nitrogens is 2. The molecule has 0 radical (unpaired) electrons. The van der Waals surface area contributed by atoms with Crippen LogP contribution in [0.25, 0.3) is 11.4 Å². The molecule has 7 nitrogen and oxygen atoms in total. The molecule has 0 bridgehead atoms. The van der Waals surface area contributed by atoms with Crippen molar-refractivity contribution in [1.82, 2.24) is 9.97 Å². The summed E-state index contributed by atoms with van der Waals surface area (Å²) in [6.45, 7) is 0. The zero-order valence-electron chi connectivity index (χ0n) is 14.0. The molecule has 8 heteroatoms. The first-order chi connectivity index (χ1) is 12.3. The molecule has 3 aromatic rings. The molecular formula is C18H17N5O2S. The van der Waals surface area contributed by atoms with Gasteiger partial charge in [0, 0.05) is 34.7 Å². The first-order valence-electron chi connectivity index (χ1n) is 7.67. The maximum absolute atomic E-state index is 12.5. The Balaban J connectivity index is 1.85. The molecule has 3 rings (SSSR count). The molecule has 0 aliphatic heterocycles. The number of rotatable bonds is 4. The second-order valence-corrected chi connectivity index (χ2v) is 7.86. The quantitative estimate of drug-likeness (QED) is 0.612. The second kappa shape index (κ2) is 6.93. The van der Waals surface area contributed by atoms with Crippen LogP contribution in [0.5, 0.6) is 0 Å². The van der Waals surface area contributed by atoms with Crippen LogP contribution in [0.15, 0.2) is 65.8 Å². The Morgan fingerprint density at radius 1 is 1.12 bits per heavy atom. The van der Waals surface area contributed by atoms with Crippen LogP contribution in [-0.4, -0.2) is 26.3 Å². The number of hydrogen-bond donors (Lipinski definition) is 3. The molecule has 0 saturated carbocycles. The lowest BCUT2D eigenvalue weighted by molar-refractivity contribution is 0.102. The number of nitrogens with two attached hydrogens (primary N) is 1. The van der Waals surface area contributed by atoms with Gasteiger partial charge in [0.15, 0.2) is 5.82 Å². The van der Waals surface area contributed by atoms with Crippen LogP contribution in [0.2, 0.25) is 0 Å². The lowest BCUT2D eigenvalue weighted by Gasteiger charge is -2.10. The van der Waals surface area contributed by atoms with E-state index < -0.39 is 9.73 Å². The van der Waals surface area contributed by atoms with E-state index in [0.717, 1.165) is 5.56 Å². The summed E-state index contributed by atoms with van der Waals surface area (Å²) in [6, 6.07) is 13.0. The summed E-state index contributed by atoms with van der Waals surface area (Å²) in [5, 5.41) is 2.76. The minimum absolute atomic E-state index is 0.359. The Kier molecular flexibility index (Phi) is 4.68. The Bertz CT molecular complexity index is 1050. The highest BCUT2D eigenvalue weighted by atomic mass is 32.2. The molecule has 2 aromatic carbocycles. The molecule has 1 heterocycles. The van der Waals surface area contributed by atoms with E-state index in [2.05, 4.69) is 15.3 Å². The number of anilines is 2. The van der Waals surface area contributed by atoms with E-state index in [0.29, 0.717) is 27.7 Å². The predicted octanol–water partition coefficient (Wildman–Crippen LogP) is 3.01. The van der Waals surface area contributed by atoms with Crippen LogP contribution < -0.4 is 11.1 Å². The molecule has 1 aromatic heterocycles. The van der Waals surface area contributed by atoms with Gasteiger partial charge in [0.1, 0.15) is 0 Å². The van der Waals surface area contributed by atoms with E-state index in [1.165, 1.54) is 30.5 Å². The zero-order chi connectivity index (χ0) is 18.7. The number of amides is 1. The topological polar surface area (TPSA) is 122 Å². The molecule has 0 spiro atoms. The summed E-state index contributed by atoms with van der Waals surface area (Å²) in [6.07, 6.45) is 4.60. The number of benzene rings is 2. The Labute approximate surface area is 151 Å². The van der Waals surface area contributed by atoms with Crippen LogP contribution in [0.4, 0.5) is 11.4 Å². The van der Waals surface area contributed by atoms with Gasteiger partial charge in [0.2, 0.25) is 0 Å². The van der Waals surface area contributed by atoms with E-state index in [9.17, 15) is 9.00 Å². The summed E-state index contributed by atoms with van der Waals surface area (Å²) in [5.41, 5.74) is 7.92. The Morgan fingerprint density at radius 3 is 2.38 bits per heavy atom. The van der Waals surface area contributed by atoms with E-state index in [4.69, 9.17) is 10.5 Å². The summed E-state index contributed by atoms with van der Waals surface area (Å²) in [4.78, 5) is 21.2. The molecule has 1 unspecified atom stereocenters.